The van der Waals surface area contributed by atoms with Gasteiger partial charge in [-0.15, -0.1) is 0 Å². The molecule has 0 aliphatic carbocycles. The summed E-state index contributed by atoms with van der Waals surface area (Å²) in [5.74, 6) is 0. The molecule has 2 rings (SSSR count). The van der Waals surface area contributed by atoms with Gasteiger partial charge in [0.05, 0.1) is 0 Å². The standard InChI is InChI=1S/C13H18N2/c1-8-6-9(2)13-10(3)11(4-5-14)15-12(13)7-8/h6-7,15H,4-5,14H2,1-3H3. The molecule has 3 N–H and O–H groups in total. The minimum atomic E-state index is 0.700. The van der Waals surface area contributed by atoms with Crippen molar-refractivity contribution in [2.75, 3.05) is 6.54 Å². The van der Waals surface area contributed by atoms with Crippen molar-refractivity contribution in [1.29, 1.82) is 0 Å². The lowest BCUT2D eigenvalue weighted by Gasteiger charge is -2.00. The van der Waals surface area contributed by atoms with Crippen molar-refractivity contribution in [1.82, 2.24) is 4.98 Å². The summed E-state index contributed by atoms with van der Waals surface area (Å²) in [6, 6.07) is 4.44. The molecule has 80 valence electrons. The molecule has 0 radical (unpaired) electrons. The lowest BCUT2D eigenvalue weighted by Crippen LogP contribution is -2.03. The van der Waals surface area contributed by atoms with E-state index >= 15 is 0 Å². The van der Waals surface area contributed by atoms with E-state index in [-0.39, 0.29) is 0 Å². The van der Waals surface area contributed by atoms with E-state index in [0.717, 1.165) is 6.42 Å². The average molecular weight is 202 g/mol. The van der Waals surface area contributed by atoms with Crippen molar-refractivity contribution in [2.45, 2.75) is 27.2 Å². The molecule has 0 saturated heterocycles. The van der Waals surface area contributed by atoms with Crippen LogP contribution >= 0.6 is 0 Å². The Morgan fingerprint density at radius 1 is 1.20 bits per heavy atom. The quantitative estimate of drug-likeness (QED) is 0.772. The van der Waals surface area contributed by atoms with Crippen molar-refractivity contribution in [2.24, 2.45) is 5.73 Å². The molecule has 0 amide bonds. The van der Waals surface area contributed by atoms with Crippen LogP contribution in [0.4, 0.5) is 0 Å². The van der Waals surface area contributed by atoms with Crippen LogP contribution in [0.5, 0.6) is 0 Å². The molecule has 0 unspecified atom stereocenters. The molecule has 0 aliphatic rings. The van der Waals surface area contributed by atoms with Crippen LogP contribution in [0, 0.1) is 20.8 Å². The minimum absolute atomic E-state index is 0.700. The second-order valence-electron chi connectivity index (χ2n) is 4.27. The van der Waals surface area contributed by atoms with E-state index in [0.29, 0.717) is 6.54 Å². The predicted octanol–water partition coefficient (Wildman–Crippen LogP) is 2.59. The fourth-order valence-electron chi connectivity index (χ4n) is 2.37. The number of fused-ring (bicyclic) bond motifs is 1. The summed E-state index contributed by atoms with van der Waals surface area (Å²) in [6.45, 7) is 7.17. The Balaban J connectivity index is 2.70. The van der Waals surface area contributed by atoms with Gasteiger partial charge in [-0.05, 0) is 50.1 Å². The largest absolute Gasteiger partial charge is 0.358 e. The van der Waals surface area contributed by atoms with Gasteiger partial charge in [-0.2, -0.15) is 0 Å². The van der Waals surface area contributed by atoms with Gasteiger partial charge in [-0.1, -0.05) is 6.07 Å². The lowest BCUT2D eigenvalue weighted by molar-refractivity contribution is 0.930. The van der Waals surface area contributed by atoms with Gasteiger partial charge in [0.25, 0.3) is 0 Å². The number of H-pyrrole nitrogens is 1. The minimum Gasteiger partial charge on any atom is -0.358 e. The molecule has 2 nitrogen and oxygen atoms in total. The van der Waals surface area contributed by atoms with Crippen LogP contribution < -0.4 is 5.73 Å². The highest BCUT2D eigenvalue weighted by atomic mass is 14.7. The number of hydrogen-bond acceptors (Lipinski definition) is 1. The fraction of sp³-hybridized carbons (Fsp3) is 0.385. The van der Waals surface area contributed by atoms with E-state index < -0.39 is 0 Å². The van der Waals surface area contributed by atoms with Gasteiger partial charge < -0.3 is 10.7 Å². The molecule has 2 heteroatoms. The van der Waals surface area contributed by atoms with Crippen LogP contribution in [-0.2, 0) is 6.42 Å². The van der Waals surface area contributed by atoms with Gasteiger partial charge in [-0.25, -0.2) is 0 Å². The molecule has 0 spiro atoms. The normalized spacial score (nSPS) is 11.2. The first kappa shape index (κ1) is 10.2. The van der Waals surface area contributed by atoms with Crippen molar-refractivity contribution in [3.05, 3.63) is 34.5 Å². The third-order valence-corrected chi connectivity index (χ3v) is 2.99. The van der Waals surface area contributed by atoms with Gasteiger partial charge >= 0.3 is 0 Å². The van der Waals surface area contributed by atoms with Crippen molar-refractivity contribution >= 4 is 10.9 Å². The molecule has 0 aliphatic heterocycles. The van der Waals surface area contributed by atoms with Crippen LogP contribution in [0.25, 0.3) is 10.9 Å². The molecular formula is C13H18N2. The summed E-state index contributed by atoms with van der Waals surface area (Å²) in [6.07, 6.45) is 0.930. The van der Waals surface area contributed by atoms with Crippen LogP contribution in [-0.4, -0.2) is 11.5 Å². The molecule has 1 heterocycles. The van der Waals surface area contributed by atoms with Crippen LogP contribution in [0.2, 0.25) is 0 Å². The maximum Gasteiger partial charge on any atom is 0.0464 e. The summed E-state index contributed by atoms with van der Waals surface area (Å²) >= 11 is 0. The van der Waals surface area contributed by atoms with Crippen molar-refractivity contribution < 1.29 is 0 Å². The summed E-state index contributed by atoms with van der Waals surface area (Å²) < 4.78 is 0. The highest BCUT2D eigenvalue weighted by Gasteiger charge is 2.09. The summed E-state index contributed by atoms with van der Waals surface area (Å²) in [4.78, 5) is 3.47. The van der Waals surface area contributed by atoms with Crippen LogP contribution in [0.15, 0.2) is 12.1 Å². The molecule has 1 aromatic carbocycles. The van der Waals surface area contributed by atoms with Gasteiger partial charge in [0.2, 0.25) is 0 Å². The molecule has 0 atom stereocenters. The van der Waals surface area contributed by atoms with E-state index in [1.54, 1.807) is 0 Å². The first-order chi connectivity index (χ1) is 7.13. The zero-order chi connectivity index (χ0) is 11.0. The predicted molar refractivity (Wildman–Crippen MR) is 65.3 cm³/mol. The Kier molecular flexibility index (Phi) is 2.53. The lowest BCUT2D eigenvalue weighted by atomic mass is 10.0. The smallest absolute Gasteiger partial charge is 0.0464 e. The molecular weight excluding hydrogens is 184 g/mol. The van der Waals surface area contributed by atoms with E-state index in [2.05, 4.69) is 37.9 Å². The Labute approximate surface area is 90.5 Å². The Morgan fingerprint density at radius 3 is 2.60 bits per heavy atom. The number of aryl methyl sites for hydroxylation is 3. The number of nitrogens with two attached hydrogens (primary N) is 1. The molecule has 1 aromatic heterocycles. The van der Waals surface area contributed by atoms with E-state index in [9.17, 15) is 0 Å². The summed E-state index contributed by atoms with van der Waals surface area (Å²) in [5, 5.41) is 1.36. The third kappa shape index (κ3) is 1.65. The van der Waals surface area contributed by atoms with Gasteiger partial charge in [-0.3, -0.25) is 0 Å². The zero-order valence-electron chi connectivity index (χ0n) is 9.65. The third-order valence-electron chi connectivity index (χ3n) is 2.99. The topological polar surface area (TPSA) is 41.8 Å². The molecule has 2 aromatic rings. The number of benzene rings is 1. The van der Waals surface area contributed by atoms with E-state index in [1.807, 2.05) is 0 Å². The fourth-order valence-corrected chi connectivity index (χ4v) is 2.37. The molecule has 0 fully saturated rings. The maximum absolute atomic E-state index is 5.60. The Hall–Kier alpha value is -1.28. The van der Waals surface area contributed by atoms with Crippen LogP contribution in [0.1, 0.15) is 22.4 Å². The molecule has 15 heavy (non-hydrogen) atoms. The highest BCUT2D eigenvalue weighted by molar-refractivity contribution is 5.88. The second-order valence-corrected chi connectivity index (χ2v) is 4.27. The first-order valence-electron chi connectivity index (χ1n) is 5.42. The SMILES string of the molecule is Cc1cc(C)c2c(C)c(CCN)[nH]c2c1. The first-order valence-corrected chi connectivity index (χ1v) is 5.42. The van der Waals surface area contributed by atoms with Crippen molar-refractivity contribution in [3.63, 3.8) is 0 Å². The number of aromatic amines is 1. The second kappa shape index (κ2) is 3.70. The molecule has 0 saturated carbocycles. The number of hydrogen-bond donors (Lipinski definition) is 2. The number of nitrogens with one attached hydrogen (secondary N) is 1. The highest BCUT2D eigenvalue weighted by Crippen LogP contribution is 2.26. The summed E-state index contributed by atoms with van der Waals surface area (Å²) in [7, 11) is 0. The number of rotatable bonds is 2. The van der Waals surface area contributed by atoms with Gasteiger partial charge in [0.1, 0.15) is 0 Å². The Morgan fingerprint density at radius 2 is 1.93 bits per heavy atom. The van der Waals surface area contributed by atoms with Crippen LogP contribution in [0.3, 0.4) is 0 Å². The average Bonchev–Trinajstić information content (AvgIpc) is 2.43. The van der Waals surface area contributed by atoms with Crippen molar-refractivity contribution in [3.8, 4) is 0 Å². The maximum atomic E-state index is 5.60. The zero-order valence-corrected chi connectivity index (χ0v) is 9.65. The number of aromatic nitrogens is 1. The van der Waals surface area contributed by atoms with E-state index in [4.69, 9.17) is 5.73 Å². The van der Waals surface area contributed by atoms with E-state index in [1.165, 1.54) is 33.3 Å². The molecule has 0 bridgehead atoms. The van der Waals surface area contributed by atoms with Gasteiger partial charge in [0, 0.05) is 23.0 Å². The van der Waals surface area contributed by atoms with Gasteiger partial charge in [0.15, 0.2) is 0 Å². The Bertz CT molecular complexity index is 495. The summed E-state index contributed by atoms with van der Waals surface area (Å²) in [5.41, 5.74) is 12.1. The monoisotopic (exact) mass is 202 g/mol.